The molecule has 1 aliphatic heterocycles. The van der Waals surface area contributed by atoms with Crippen LogP contribution in [-0.4, -0.2) is 37.1 Å². The molecule has 1 saturated heterocycles. The number of rotatable bonds is 7. The van der Waals surface area contributed by atoms with Crippen molar-refractivity contribution >= 4 is 0 Å². The monoisotopic (exact) mass is 212 g/mol. The molecule has 0 saturated carbocycles. The number of unbranched alkanes of at least 4 members (excludes halogenated alkanes) is 3. The minimum atomic E-state index is 0.859. The summed E-state index contributed by atoms with van der Waals surface area (Å²) in [5.74, 6) is 0. The molecule has 0 unspecified atom stereocenters. The first-order chi connectivity index (χ1) is 7.38. The van der Waals surface area contributed by atoms with Crippen LogP contribution < -0.4 is 5.32 Å². The standard InChI is InChI=1S/C13H28N2/c1-3-5-6-7-12-15(4-2)13-8-10-14-11-9-13/h13-14H,3-12H2,1-2H3. The van der Waals surface area contributed by atoms with Gasteiger partial charge in [-0.3, -0.25) is 0 Å². The third kappa shape index (κ3) is 4.98. The minimum absolute atomic E-state index is 0.859. The van der Waals surface area contributed by atoms with Crippen LogP contribution in [0.1, 0.15) is 52.4 Å². The molecule has 1 aliphatic rings. The minimum Gasteiger partial charge on any atom is -0.317 e. The third-order valence-corrected chi connectivity index (χ3v) is 3.53. The fraction of sp³-hybridized carbons (Fsp3) is 1.00. The van der Waals surface area contributed by atoms with Crippen molar-refractivity contribution in [2.24, 2.45) is 0 Å². The van der Waals surface area contributed by atoms with Crippen LogP contribution in [0, 0.1) is 0 Å². The molecular weight excluding hydrogens is 184 g/mol. The Labute approximate surface area is 95.4 Å². The summed E-state index contributed by atoms with van der Waals surface area (Å²) in [6, 6.07) is 0.859. The van der Waals surface area contributed by atoms with Gasteiger partial charge in [-0.25, -0.2) is 0 Å². The molecule has 0 atom stereocenters. The van der Waals surface area contributed by atoms with Gasteiger partial charge in [0.05, 0.1) is 0 Å². The topological polar surface area (TPSA) is 15.3 Å². The number of hydrogen-bond acceptors (Lipinski definition) is 2. The van der Waals surface area contributed by atoms with Crippen LogP contribution in [0.25, 0.3) is 0 Å². The Hall–Kier alpha value is -0.0800. The van der Waals surface area contributed by atoms with Crippen molar-refractivity contribution in [1.29, 1.82) is 0 Å². The molecule has 0 amide bonds. The third-order valence-electron chi connectivity index (χ3n) is 3.53. The van der Waals surface area contributed by atoms with E-state index in [4.69, 9.17) is 0 Å². The Morgan fingerprint density at radius 1 is 1.07 bits per heavy atom. The second-order valence-corrected chi connectivity index (χ2v) is 4.67. The summed E-state index contributed by atoms with van der Waals surface area (Å²) < 4.78 is 0. The molecule has 0 aromatic carbocycles. The molecule has 0 aromatic heterocycles. The lowest BCUT2D eigenvalue weighted by Crippen LogP contribution is -2.43. The normalized spacial score (nSPS) is 18.6. The zero-order valence-corrected chi connectivity index (χ0v) is 10.6. The molecule has 1 heterocycles. The van der Waals surface area contributed by atoms with Crippen molar-refractivity contribution in [3.05, 3.63) is 0 Å². The lowest BCUT2D eigenvalue weighted by atomic mass is 10.0. The van der Waals surface area contributed by atoms with Crippen molar-refractivity contribution in [3.63, 3.8) is 0 Å². The van der Waals surface area contributed by atoms with Crippen LogP contribution in [0.5, 0.6) is 0 Å². The van der Waals surface area contributed by atoms with E-state index in [9.17, 15) is 0 Å². The van der Waals surface area contributed by atoms with Gasteiger partial charge in [-0.1, -0.05) is 33.1 Å². The largest absolute Gasteiger partial charge is 0.317 e. The van der Waals surface area contributed by atoms with Crippen LogP contribution in [0.15, 0.2) is 0 Å². The summed E-state index contributed by atoms with van der Waals surface area (Å²) in [4.78, 5) is 2.69. The maximum atomic E-state index is 3.44. The van der Waals surface area contributed by atoms with Crippen molar-refractivity contribution in [2.45, 2.75) is 58.4 Å². The van der Waals surface area contributed by atoms with Crippen LogP contribution >= 0.6 is 0 Å². The lowest BCUT2D eigenvalue weighted by molar-refractivity contribution is 0.167. The maximum Gasteiger partial charge on any atom is 0.0119 e. The summed E-state index contributed by atoms with van der Waals surface area (Å²) in [7, 11) is 0. The molecule has 0 aliphatic carbocycles. The molecule has 0 bridgehead atoms. The lowest BCUT2D eigenvalue weighted by Gasteiger charge is -2.33. The molecule has 0 radical (unpaired) electrons. The van der Waals surface area contributed by atoms with Crippen LogP contribution in [0.4, 0.5) is 0 Å². The fourth-order valence-corrected chi connectivity index (χ4v) is 2.51. The Balaban J connectivity index is 2.15. The van der Waals surface area contributed by atoms with E-state index in [1.54, 1.807) is 0 Å². The highest BCUT2D eigenvalue weighted by molar-refractivity contribution is 4.76. The van der Waals surface area contributed by atoms with Crippen LogP contribution in [0.3, 0.4) is 0 Å². The van der Waals surface area contributed by atoms with Gasteiger partial charge in [0.25, 0.3) is 0 Å². The molecule has 2 nitrogen and oxygen atoms in total. The van der Waals surface area contributed by atoms with Gasteiger partial charge in [-0.2, -0.15) is 0 Å². The van der Waals surface area contributed by atoms with E-state index in [-0.39, 0.29) is 0 Å². The first-order valence-electron chi connectivity index (χ1n) is 6.83. The second kappa shape index (κ2) is 8.12. The molecule has 15 heavy (non-hydrogen) atoms. The van der Waals surface area contributed by atoms with E-state index in [2.05, 4.69) is 24.1 Å². The predicted molar refractivity (Wildman–Crippen MR) is 67.3 cm³/mol. The van der Waals surface area contributed by atoms with Crippen molar-refractivity contribution in [3.8, 4) is 0 Å². The molecule has 90 valence electrons. The Morgan fingerprint density at radius 3 is 2.40 bits per heavy atom. The number of nitrogens with one attached hydrogen (secondary N) is 1. The number of nitrogens with zero attached hydrogens (tertiary/aromatic N) is 1. The summed E-state index contributed by atoms with van der Waals surface area (Å²) in [6.07, 6.45) is 8.26. The molecule has 1 N–H and O–H groups in total. The number of piperidine rings is 1. The van der Waals surface area contributed by atoms with Crippen LogP contribution in [0.2, 0.25) is 0 Å². The zero-order valence-electron chi connectivity index (χ0n) is 10.6. The van der Waals surface area contributed by atoms with Crippen LogP contribution in [-0.2, 0) is 0 Å². The first kappa shape index (κ1) is 13.0. The van der Waals surface area contributed by atoms with Gasteiger partial charge in [0, 0.05) is 6.04 Å². The average molecular weight is 212 g/mol. The summed E-state index contributed by atoms with van der Waals surface area (Å²) >= 11 is 0. The molecule has 1 rings (SSSR count). The molecule has 2 heteroatoms. The van der Waals surface area contributed by atoms with Crippen molar-refractivity contribution < 1.29 is 0 Å². The first-order valence-corrected chi connectivity index (χ1v) is 6.83. The SMILES string of the molecule is CCCCCCN(CC)C1CCNCC1. The maximum absolute atomic E-state index is 3.44. The van der Waals surface area contributed by atoms with Gasteiger partial charge in [0.15, 0.2) is 0 Å². The Kier molecular flexibility index (Phi) is 7.03. The molecule has 0 aromatic rings. The Morgan fingerprint density at radius 2 is 1.80 bits per heavy atom. The average Bonchev–Trinajstić information content (AvgIpc) is 2.30. The quantitative estimate of drug-likeness (QED) is 0.653. The molecule has 0 spiro atoms. The van der Waals surface area contributed by atoms with Gasteiger partial charge in [-0.15, -0.1) is 0 Å². The summed E-state index contributed by atoms with van der Waals surface area (Å²) in [6.45, 7) is 9.58. The van der Waals surface area contributed by atoms with Gasteiger partial charge < -0.3 is 10.2 Å². The van der Waals surface area contributed by atoms with E-state index in [0.717, 1.165) is 6.04 Å². The van der Waals surface area contributed by atoms with Crippen molar-refractivity contribution in [2.75, 3.05) is 26.2 Å². The number of hydrogen-bond donors (Lipinski definition) is 1. The van der Waals surface area contributed by atoms with Gasteiger partial charge in [0.1, 0.15) is 0 Å². The summed E-state index contributed by atoms with van der Waals surface area (Å²) in [5, 5.41) is 3.44. The van der Waals surface area contributed by atoms with E-state index in [1.807, 2.05) is 0 Å². The van der Waals surface area contributed by atoms with E-state index in [0.29, 0.717) is 0 Å². The highest BCUT2D eigenvalue weighted by Gasteiger charge is 2.18. The van der Waals surface area contributed by atoms with Crippen molar-refractivity contribution in [1.82, 2.24) is 10.2 Å². The predicted octanol–water partition coefficient (Wildman–Crippen LogP) is 2.64. The highest BCUT2D eigenvalue weighted by atomic mass is 15.2. The second-order valence-electron chi connectivity index (χ2n) is 4.67. The smallest absolute Gasteiger partial charge is 0.0119 e. The summed E-state index contributed by atoms with van der Waals surface area (Å²) in [5.41, 5.74) is 0. The zero-order chi connectivity index (χ0) is 10.9. The molecular formula is C13H28N2. The van der Waals surface area contributed by atoms with Gasteiger partial charge >= 0.3 is 0 Å². The van der Waals surface area contributed by atoms with E-state index >= 15 is 0 Å². The van der Waals surface area contributed by atoms with E-state index in [1.165, 1.54) is 64.7 Å². The fourth-order valence-electron chi connectivity index (χ4n) is 2.51. The van der Waals surface area contributed by atoms with Gasteiger partial charge in [-0.05, 0) is 45.4 Å². The Bertz CT molecular complexity index is 141. The molecule has 1 fully saturated rings. The van der Waals surface area contributed by atoms with Gasteiger partial charge in [0.2, 0.25) is 0 Å². The highest BCUT2D eigenvalue weighted by Crippen LogP contribution is 2.13. The van der Waals surface area contributed by atoms with E-state index < -0.39 is 0 Å².